The summed E-state index contributed by atoms with van der Waals surface area (Å²) in [5.41, 5.74) is 0.412. The van der Waals surface area contributed by atoms with Crippen LogP contribution in [0.15, 0.2) is 23.1 Å². The molecule has 1 aromatic rings. The predicted octanol–water partition coefficient (Wildman–Crippen LogP) is 0.762. The molecule has 1 aromatic carbocycles. The van der Waals surface area contributed by atoms with Crippen molar-refractivity contribution < 1.29 is 23.4 Å². The van der Waals surface area contributed by atoms with Gasteiger partial charge in [-0.1, -0.05) is 17.7 Å². The van der Waals surface area contributed by atoms with Crippen LogP contribution in [0.2, 0.25) is 5.02 Å². The van der Waals surface area contributed by atoms with Crippen LogP contribution in [-0.4, -0.2) is 37.2 Å². The van der Waals surface area contributed by atoms with Crippen molar-refractivity contribution >= 4 is 27.6 Å². The highest BCUT2D eigenvalue weighted by atomic mass is 35.5. The molecule has 106 valence electrons. The van der Waals surface area contributed by atoms with E-state index >= 15 is 0 Å². The third-order valence-electron chi connectivity index (χ3n) is 2.50. The molecule has 0 heterocycles. The number of benzene rings is 1. The van der Waals surface area contributed by atoms with E-state index in [1.807, 2.05) is 0 Å². The standard InChI is InChI=1S/C11H14ClNO5S/c1-7-8(12)3-2-4-10(7)19(17,18)13-6-5-9(14)11(15)16/h2-4,9,13-14H,5-6H2,1H3,(H,15,16). The predicted molar refractivity (Wildman–Crippen MR) is 69.6 cm³/mol. The fourth-order valence-corrected chi connectivity index (χ4v) is 2.95. The van der Waals surface area contributed by atoms with Gasteiger partial charge >= 0.3 is 5.97 Å². The molecule has 0 bridgehead atoms. The van der Waals surface area contributed by atoms with Gasteiger partial charge < -0.3 is 10.2 Å². The summed E-state index contributed by atoms with van der Waals surface area (Å²) in [5, 5.41) is 17.8. The van der Waals surface area contributed by atoms with Gasteiger partial charge in [0.25, 0.3) is 0 Å². The molecule has 0 spiro atoms. The van der Waals surface area contributed by atoms with Gasteiger partial charge in [-0.2, -0.15) is 0 Å². The Morgan fingerprint density at radius 1 is 1.47 bits per heavy atom. The highest BCUT2D eigenvalue weighted by molar-refractivity contribution is 7.89. The lowest BCUT2D eigenvalue weighted by molar-refractivity contribution is -0.146. The summed E-state index contributed by atoms with van der Waals surface area (Å²) in [6.45, 7) is 1.39. The summed E-state index contributed by atoms with van der Waals surface area (Å²) < 4.78 is 26.1. The molecule has 0 aliphatic heterocycles. The van der Waals surface area contributed by atoms with Crippen LogP contribution in [0.25, 0.3) is 0 Å². The van der Waals surface area contributed by atoms with Gasteiger partial charge in [-0.05, 0) is 31.0 Å². The lowest BCUT2D eigenvalue weighted by Crippen LogP contribution is -2.30. The van der Waals surface area contributed by atoms with Gasteiger partial charge in [-0.25, -0.2) is 17.9 Å². The minimum absolute atomic E-state index is 0.0322. The van der Waals surface area contributed by atoms with Crippen LogP contribution >= 0.6 is 11.6 Å². The first-order valence-corrected chi connectivity index (χ1v) is 7.27. The minimum Gasteiger partial charge on any atom is -0.479 e. The first-order valence-electron chi connectivity index (χ1n) is 5.41. The van der Waals surface area contributed by atoms with E-state index in [9.17, 15) is 13.2 Å². The van der Waals surface area contributed by atoms with Crippen LogP contribution in [0.5, 0.6) is 0 Å². The van der Waals surface area contributed by atoms with Crippen molar-refractivity contribution in [3.63, 3.8) is 0 Å². The number of aliphatic hydroxyl groups is 1. The maximum Gasteiger partial charge on any atom is 0.332 e. The molecule has 19 heavy (non-hydrogen) atoms. The lowest BCUT2D eigenvalue weighted by Gasteiger charge is -2.11. The molecule has 0 fully saturated rings. The molecule has 0 saturated heterocycles. The number of carboxylic acids is 1. The minimum atomic E-state index is -3.77. The fraction of sp³-hybridized carbons (Fsp3) is 0.364. The summed E-state index contributed by atoms with van der Waals surface area (Å²) in [6, 6.07) is 4.48. The van der Waals surface area contributed by atoms with E-state index in [2.05, 4.69) is 4.72 Å². The number of sulfonamides is 1. The van der Waals surface area contributed by atoms with E-state index in [-0.39, 0.29) is 17.9 Å². The monoisotopic (exact) mass is 307 g/mol. The van der Waals surface area contributed by atoms with E-state index in [0.717, 1.165) is 0 Å². The van der Waals surface area contributed by atoms with Crippen LogP contribution in [0.1, 0.15) is 12.0 Å². The highest BCUT2D eigenvalue weighted by Gasteiger charge is 2.19. The number of halogens is 1. The molecule has 0 aromatic heterocycles. The molecule has 0 amide bonds. The van der Waals surface area contributed by atoms with Gasteiger partial charge in [0, 0.05) is 11.6 Å². The Hall–Kier alpha value is -1.15. The van der Waals surface area contributed by atoms with Crippen molar-refractivity contribution in [2.75, 3.05) is 6.54 Å². The topological polar surface area (TPSA) is 104 Å². The second kappa shape index (κ2) is 6.33. The van der Waals surface area contributed by atoms with Crippen molar-refractivity contribution in [3.05, 3.63) is 28.8 Å². The van der Waals surface area contributed by atoms with Crippen molar-refractivity contribution in [2.24, 2.45) is 0 Å². The third kappa shape index (κ3) is 4.17. The van der Waals surface area contributed by atoms with E-state index in [0.29, 0.717) is 10.6 Å². The molecule has 0 saturated carbocycles. The Labute approximate surface area is 116 Å². The number of carboxylic acid groups (broad SMARTS) is 1. The Kier molecular flexibility index (Phi) is 5.30. The molecule has 0 radical (unpaired) electrons. The van der Waals surface area contributed by atoms with Crippen molar-refractivity contribution in [1.29, 1.82) is 0 Å². The average molecular weight is 308 g/mol. The van der Waals surface area contributed by atoms with Crippen LogP contribution in [-0.2, 0) is 14.8 Å². The van der Waals surface area contributed by atoms with E-state index in [1.165, 1.54) is 12.1 Å². The van der Waals surface area contributed by atoms with Crippen LogP contribution in [0.3, 0.4) is 0 Å². The van der Waals surface area contributed by atoms with E-state index in [4.69, 9.17) is 21.8 Å². The Morgan fingerprint density at radius 2 is 2.11 bits per heavy atom. The molecule has 8 heteroatoms. The van der Waals surface area contributed by atoms with Gasteiger partial charge in [0.1, 0.15) is 0 Å². The summed E-state index contributed by atoms with van der Waals surface area (Å²) in [4.78, 5) is 10.4. The maximum atomic E-state index is 12.0. The zero-order valence-electron chi connectivity index (χ0n) is 10.1. The number of aliphatic hydroxyl groups excluding tert-OH is 1. The maximum absolute atomic E-state index is 12.0. The first kappa shape index (κ1) is 15.9. The lowest BCUT2D eigenvalue weighted by atomic mass is 10.2. The number of carbonyl (C=O) groups is 1. The number of hydrogen-bond acceptors (Lipinski definition) is 4. The zero-order valence-corrected chi connectivity index (χ0v) is 11.7. The van der Waals surface area contributed by atoms with Crippen molar-refractivity contribution in [1.82, 2.24) is 4.72 Å². The van der Waals surface area contributed by atoms with Gasteiger partial charge in [-0.15, -0.1) is 0 Å². The Morgan fingerprint density at radius 3 is 2.68 bits per heavy atom. The number of nitrogens with one attached hydrogen (secondary N) is 1. The number of aliphatic carboxylic acids is 1. The first-order chi connectivity index (χ1) is 8.75. The quantitative estimate of drug-likeness (QED) is 0.720. The molecule has 0 aliphatic rings. The molecule has 0 aliphatic carbocycles. The molecule has 1 atom stereocenters. The number of hydrogen-bond donors (Lipinski definition) is 3. The van der Waals surface area contributed by atoms with Crippen molar-refractivity contribution in [2.45, 2.75) is 24.3 Å². The third-order valence-corrected chi connectivity index (χ3v) is 4.52. The largest absolute Gasteiger partial charge is 0.479 e. The van der Waals surface area contributed by atoms with E-state index in [1.54, 1.807) is 13.0 Å². The molecule has 1 rings (SSSR count). The SMILES string of the molecule is Cc1c(Cl)cccc1S(=O)(=O)NCCC(O)C(=O)O. The Balaban J connectivity index is 2.77. The Bertz CT molecular complexity index is 572. The summed E-state index contributed by atoms with van der Waals surface area (Å²) in [5.74, 6) is -1.39. The van der Waals surface area contributed by atoms with E-state index < -0.39 is 22.1 Å². The smallest absolute Gasteiger partial charge is 0.332 e. The molecule has 1 unspecified atom stereocenters. The van der Waals surface area contributed by atoms with Gasteiger partial charge in [0.05, 0.1) is 4.90 Å². The normalized spacial score (nSPS) is 13.2. The average Bonchev–Trinajstić information content (AvgIpc) is 2.31. The second-order valence-electron chi connectivity index (χ2n) is 3.90. The van der Waals surface area contributed by atoms with Crippen molar-refractivity contribution in [3.8, 4) is 0 Å². The second-order valence-corrected chi connectivity index (χ2v) is 6.05. The molecule has 3 N–H and O–H groups in total. The van der Waals surface area contributed by atoms with Crippen LogP contribution in [0.4, 0.5) is 0 Å². The zero-order chi connectivity index (χ0) is 14.6. The van der Waals surface area contributed by atoms with Crippen LogP contribution < -0.4 is 4.72 Å². The van der Waals surface area contributed by atoms with Crippen LogP contribution in [0, 0.1) is 6.92 Å². The highest BCUT2D eigenvalue weighted by Crippen LogP contribution is 2.22. The summed E-state index contributed by atoms with van der Waals surface area (Å²) >= 11 is 5.84. The molecular weight excluding hydrogens is 294 g/mol. The van der Waals surface area contributed by atoms with Gasteiger partial charge in [0.15, 0.2) is 6.10 Å². The molecular formula is C11H14ClNO5S. The van der Waals surface area contributed by atoms with Gasteiger partial charge in [0.2, 0.25) is 10.0 Å². The fourth-order valence-electron chi connectivity index (χ4n) is 1.41. The molecule has 6 nitrogen and oxygen atoms in total. The number of rotatable bonds is 6. The summed E-state index contributed by atoms with van der Waals surface area (Å²) in [6.07, 6.45) is -1.81. The van der Waals surface area contributed by atoms with Gasteiger partial charge in [-0.3, -0.25) is 0 Å². The summed E-state index contributed by atoms with van der Waals surface area (Å²) in [7, 11) is -3.77.